The Balaban J connectivity index is 2.62. The molecule has 0 spiro atoms. The molecule has 0 aliphatic heterocycles. The Morgan fingerprint density at radius 2 is 1.54 bits per heavy atom. The summed E-state index contributed by atoms with van der Waals surface area (Å²) >= 11 is 0. The van der Waals surface area contributed by atoms with Crippen molar-refractivity contribution in [3.63, 3.8) is 0 Å². The second kappa shape index (κ2) is 12.6. The minimum absolute atomic E-state index is 0.295. The van der Waals surface area contributed by atoms with Crippen LogP contribution < -0.4 is 4.89 Å². The van der Waals surface area contributed by atoms with Crippen LogP contribution in [0, 0.1) is 0 Å². The van der Waals surface area contributed by atoms with Gasteiger partial charge in [-0.25, -0.2) is 4.52 Å². The van der Waals surface area contributed by atoms with Crippen molar-refractivity contribution >= 4 is 7.82 Å². The maximum Gasteiger partial charge on any atom is 0.528 e. The molecule has 0 amide bonds. The molecule has 0 N–H and O–H groups in total. The molecule has 1 aromatic carbocycles. The molecular formula is C20H31F3O4P-. The standard InChI is InChI=1S/C20H32F3O4P/c1-3-5-7-10-17-13-14-18(19(16-17)11-8-6-4-2)12-9-15-26-28(24,25)27-20(21,22)23/h13-14,16H,3-12,15H2,1-2H3,(H,24,25)/p-1. The first kappa shape index (κ1) is 25.2. The fraction of sp³-hybridized carbons (Fsp3) is 0.700. The van der Waals surface area contributed by atoms with E-state index in [1.165, 1.54) is 24.0 Å². The highest BCUT2D eigenvalue weighted by atomic mass is 31.2. The zero-order valence-electron chi connectivity index (χ0n) is 16.7. The van der Waals surface area contributed by atoms with E-state index in [0.717, 1.165) is 44.1 Å². The van der Waals surface area contributed by atoms with E-state index in [9.17, 15) is 22.6 Å². The van der Waals surface area contributed by atoms with Gasteiger partial charge in [0, 0.05) is 0 Å². The van der Waals surface area contributed by atoms with E-state index in [1.807, 2.05) is 6.07 Å². The van der Waals surface area contributed by atoms with Gasteiger partial charge in [0.15, 0.2) is 0 Å². The molecule has 1 unspecified atom stereocenters. The summed E-state index contributed by atoms with van der Waals surface area (Å²) in [5, 5.41) is 0. The Hall–Kier alpha value is -0.880. The summed E-state index contributed by atoms with van der Waals surface area (Å²) in [4.78, 5) is 11.1. The van der Waals surface area contributed by atoms with Crippen LogP contribution >= 0.6 is 7.82 Å². The number of phosphoric acid groups is 1. The van der Waals surface area contributed by atoms with Gasteiger partial charge in [-0.1, -0.05) is 57.7 Å². The van der Waals surface area contributed by atoms with E-state index in [1.54, 1.807) is 0 Å². The van der Waals surface area contributed by atoms with E-state index in [4.69, 9.17) is 0 Å². The molecule has 0 aliphatic carbocycles. The number of halogens is 3. The van der Waals surface area contributed by atoms with Gasteiger partial charge in [0.1, 0.15) is 0 Å². The van der Waals surface area contributed by atoms with Crippen LogP contribution in [0.4, 0.5) is 13.2 Å². The smallest absolute Gasteiger partial charge is 0.528 e. The summed E-state index contributed by atoms with van der Waals surface area (Å²) < 4.78 is 54.5. The van der Waals surface area contributed by atoms with E-state index in [0.29, 0.717) is 12.8 Å². The summed E-state index contributed by atoms with van der Waals surface area (Å²) in [5.41, 5.74) is 3.62. The van der Waals surface area contributed by atoms with Gasteiger partial charge in [0.2, 0.25) is 0 Å². The predicted molar refractivity (Wildman–Crippen MR) is 102 cm³/mol. The average molecular weight is 423 g/mol. The Morgan fingerprint density at radius 3 is 2.14 bits per heavy atom. The largest absolute Gasteiger partial charge is 0.756 e. The fourth-order valence-corrected chi connectivity index (χ4v) is 3.71. The van der Waals surface area contributed by atoms with Crippen LogP contribution in [-0.2, 0) is 32.9 Å². The number of hydrogen-bond donors (Lipinski definition) is 0. The molecule has 0 aliphatic rings. The van der Waals surface area contributed by atoms with Gasteiger partial charge in [-0.2, -0.15) is 0 Å². The molecule has 8 heteroatoms. The van der Waals surface area contributed by atoms with Crippen molar-refractivity contribution in [3.8, 4) is 0 Å². The summed E-state index contributed by atoms with van der Waals surface area (Å²) in [6.07, 6.45) is 4.40. The lowest BCUT2D eigenvalue weighted by Crippen LogP contribution is -2.19. The molecule has 0 saturated heterocycles. The third-order valence-electron chi connectivity index (χ3n) is 4.44. The molecule has 0 aromatic heterocycles. The highest BCUT2D eigenvalue weighted by Gasteiger charge is 2.35. The van der Waals surface area contributed by atoms with Crippen molar-refractivity contribution in [3.05, 3.63) is 34.9 Å². The Bertz CT molecular complexity index is 620. The number of rotatable bonds is 14. The zero-order valence-corrected chi connectivity index (χ0v) is 17.6. The van der Waals surface area contributed by atoms with E-state index in [2.05, 4.69) is 35.0 Å². The molecular weight excluding hydrogens is 392 g/mol. The maximum atomic E-state index is 12.0. The Kier molecular flexibility index (Phi) is 11.4. The number of hydrogen-bond acceptors (Lipinski definition) is 4. The lowest BCUT2D eigenvalue weighted by molar-refractivity contribution is -0.322. The highest BCUT2D eigenvalue weighted by molar-refractivity contribution is 7.45. The molecule has 162 valence electrons. The first-order valence-electron chi connectivity index (χ1n) is 10.0. The van der Waals surface area contributed by atoms with Crippen LogP contribution in [0.2, 0.25) is 0 Å². The monoisotopic (exact) mass is 423 g/mol. The Labute approximate surface area is 166 Å². The van der Waals surface area contributed by atoms with E-state index >= 15 is 0 Å². The quantitative estimate of drug-likeness (QED) is 0.268. The van der Waals surface area contributed by atoms with Crippen LogP contribution in [0.5, 0.6) is 0 Å². The van der Waals surface area contributed by atoms with Gasteiger partial charge in [-0.05, 0) is 55.2 Å². The van der Waals surface area contributed by atoms with Gasteiger partial charge in [0.25, 0.3) is 7.82 Å². The second-order valence-electron chi connectivity index (χ2n) is 6.94. The van der Waals surface area contributed by atoms with Gasteiger partial charge in [-0.3, -0.25) is 4.57 Å². The minimum atomic E-state index is -5.37. The summed E-state index contributed by atoms with van der Waals surface area (Å²) in [6.45, 7) is 3.97. The van der Waals surface area contributed by atoms with Crippen LogP contribution in [0.15, 0.2) is 18.2 Å². The Morgan fingerprint density at radius 1 is 0.929 bits per heavy atom. The van der Waals surface area contributed by atoms with Crippen molar-refractivity contribution in [1.82, 2.24) is 0 Å². The molecule has 0 radical (unpaired) electrons. The van der Waals surface area contributed by atoms with Crippen molar-refractivity contribution in [1.29, 1.82) is 0 Å². The van der Waals surface area contributed by atoms with Crippen LogP contribution in [0.3, 0.4) is 0 Å². The van der Waals surface area contributed by atoms with Crippen LogP contribution in [-0.4, -0.2) is 13.0 Å². The SMILES string of the molecule is CCCCCc1ccc(CCCOP(=O)([O-])OC(F)(F)F)c(CCCCC)c1. The van der Waals surface area contributed by atoms with E-state index in [-0.39, 0.29) is 6.61 Å². The number of alkyl halides is 3. The van der Waals surface area contributed by atoms with Crippen molar-refractivity contribution in [2.75, 3.05) is 6.61 Å². The minimum Gasteiger partial charge on any atom is -0.756 e. The van der Waals surface area contributed by atoms with Crippen molar-refractivity contribution in [2.45, 2.75) is 84.4 Å². The molecule has 1 aromatic rings. The van der Waals surface area contributed by atoms with Crippen molar-refractivity contribution in [2.24, 2.45) is 0 Å². The van der Waals surface area contributed by atoms with E-state index < -0.39 is 14.2 Å². The molecule has 0 bridgehead atoms. The summed E-state index contributed by atoms with van der Waals surface area (Å²) in [7, 11) is -5.37. The predicted octanol–water partition coefficient (Wildman–Crippen LogP) is 6.11. The number of aryl methyl sites for hydroxylation is 3. The average Bonchev–Trinajstić information content (AvgIpc) is 2.58. The van der Waals surface area contributed by atoms with Gasteiger partial charge >= 0.3 is 6.36 Å². The fourth-order valence-electron chi connectivity index (χ4n) is 3.05. The number of unbranched alkanes of at least 4 members (excludes halogenated alkanes) is 4. The molecule has 0 fully saturated rings. The van der Waals surface area contributed by atoms with Crippen LogP contribution in [0.25, 0.3) is 0 Å². The van der Waals surface area contributed by atoms with Gasteiger partial charge < -0.3 is 9.42 Å². The first-order chi connectivity index (χ1) is 13.2. The lowest BCUT2D eigenvalue weighted by atomic mass is 9.94. The number of phosphoric ester groups is 1. The third-order valence-corrected chi connectivity index (χ3v) is 5.37. The molecule has 4 nitrogen and oxygen atoms in total. The van der Waals surface area contributed by atoms with Gasteiger partial charge in [-0.15, -0.1) is 13.2 Å². The molecule has 1 atom stereocenters. The molecule has 1 rings (SSSR count). The molecule has 0 saturated carbocycles. The summed E-state index contributed by atoms with van der Waals surface area (Å²) in [5.74, 6) is 0. The summed E-state index contributed by atoms with van der Waals surface area (Å²) in [6, 6.07) is 6.35. The second-order valence-corrected chi connectivity index (χ2v) is 8.27. The normalized spacial score (nSPS) is 14.2. The maximum absolute atomic E-state index is 12.0. The van der Waals surface area contributed by atoms with Gasteiger partial charge in [0.05, 0.1) is 6.61 Å². The lowest BCUT2D eigenvalue weighted by Gasteiger charge is -2.23. The third kappa shape index (κ3) is 11.2. The van der Waals surface area contributed by atoms with Crippen molar-refractivity contribution < 1.29 is 31.7 Å². The molecule has 0 heterocycles. The first-order valence-corrected chi connectivity index (χ1v) is 11.5. The highest BCUT2D eigenvalue weighted by Crippen LogP contribution is 2.44. The topological polar surface area (TPSA) is 58.6 Å². The number of benzene rings is 1. The molecule has 28 heavy (non-hydrogen) atoms. The van der Waals surface area contributed by atoms with Crippen LogP contribution in [0.1, 0.15) is 75.5 Å². The zero-order chi connectivity index (χ0) is 21.0.